The molecule has 0 N–H and O–H groups in total. The third-order valence-corrected chi connectivity index (χ3v) is 12.9. The molecule has 0 fully saturated rings. The summed E-state index contributed by atoms with van der Waals surface area (Å²) in [6.45, 7) is 4.35. The van der Waals surface area contributed by atoms with Gasteiger partial charge in [-0.05, 0) is 134 Å². The van der Waals surface area contributed by atoms with Crippen molar-refractivity contribution in [1.29, 1.82) is 0 Å². The van der Waals surface area contributed by atoms with Crippen molar-refractivity contribution in [1.82, 2.24) is 9.13 Å². The number of nitrogens with zero attached hydrogens (tertiary/aromatic N) is 4. The van der Waals surface area contributed by atoms with Gasteiger partial charge in [0.05, 0.1) is 17.1 Å². The monoisotopic (exact) mass is 838 g/mol. The van der Waals surface area contributed by atoms with Gasteiger partial charge in [0.25, 0.3) is 0 Å². The summed E-state index contributed by atoms with van der Waals surface area (Å²) < 4.78 is 4.94. The largest absolute Gasteiger partial charge is 0.333 e. The highest BCUT2D eigenvalue weighted by atomic mass is 15.2. The standard InChI is InChI=1S/C61H50N4/c1-3-19-58-54(4-2)56-40-38-52(42-60(56)64(58)48-24-13-7-14-25-48)62(46-20-9-5-10-21-46)50-34-30-44(31-35-50)45-32-36-51(37-33-45)63(47-22-11-6-12-23-47)53-39-41-57-55-28-17-18-29-59(55)65(61(57)43-53)49-26-15-8-16-27-49/h3,5-26,28-43,49H,4,27H2,1-2H3/b19-3-. The van der Waals surface area contributed by atoms with Gasteiger partial charge in [0.15, 0.2) is 0 Å². The maximum atomic E-state index is 2.52. The lowest BCUT2D eigenvalue weighted by atomic mass is 10.0. The molecule has 0 saturated carbocycles. The first-order chi connectivity index (χ1) is 32.2. The Morgan fingerprint density at radius 1 is 0.492 bits per heavy atom. The summed E-state index contributed by atoms with van der Waals surface area (Å²) in [6, 6.07) is 73.1. The van der Waals surface area contributed by atoms with Gasteiger partial charge in [-0.1, -0.05) is 146 Å². The number of anilines is 6. The number of allylic oxidation sites excluding steroid dienone is 5. The van der Waals surface area contributed by atoms with Crippen LogP contribution in [-0.4, -0.2) is 9.13 Å². The number of aryl methyl sites for hydroxylation is 1. The van der Waals surface area contributed by atoms with Crippen LogP contribution in [0.15, 0.2) is 231 Å². The van der Waals surface area contributed by atoms with Gasteiger partial charge in [-0.2, -0.15) is 0 Å². The van der Waals surface area contributed by atoms with Crippen LogP contribution in [0.2, 0.25) is 0 Å². The molecular formula is C61H50N4. The number of benzene rings is 8. The van der Waals surface area contributed by atoms with Crippen molar-refractivity contribution in [2.75, 3.05) is 9.80 Å². The minimum Gasteiger partial charge on any atom is -0.333 e. The van der Waals surface area contributed by atoms with Gasteiger partial charge >= 0.3 is 0 Å². The van der Waals surface area contributed by atoms with Crippen molar-refractivity contribution in [3.05, 3.63) is 242 Å². The predicted octanol–water partition coefficient (Wildman–Crippen LogP) is 17.0. The first-order valence-electron chi connectivity index (χ1n) is 22.8. The maximum absolute atomic E-state index is 2.52. The third-order valence-electron chi connectivity index (χ3n) is 12.9. The van der Waals surface area contributed by atoms with E-state index in [0.717, 1.165) is 63.8 Å². The summed E-state index contributed by atoms with van der Waals surface area (Å²) in [5, 5.41) is 3.84. The first-order valence-corrected chi connectivity index (χ1v) is 22.8. The van der Waals surface area contributed by atoms with Crippen molar-refractivity contribution in [2.45, 2.75) is 32.7 Å². The molecule has 8 aromatic carbocycles. The molecule has 1 unspecified atom stereocenters. The van der Waals surface area contributed by atoms with Gasteiger partial charge in [0.1, 0.15) is 0 Å². The summed E-state index contributed by atoms with van der Waals surface area (Å²) in [4.78, 5) is 4.74. The van der Waals surface area contributed by atoms with Crippen molar-refractivity contribution < 1.29 is 0 Å². The zero-order chi connectivity index (χ0) is 43.7. The normalized spacial score (nSPS) is 13.7. The van der Waals surface area contributed by atoms with Crippen LogP contribution in [0.25, 0.3) is 55.6 Å². The highest BCUT2D eigenvalue weighted by Crippen LogP contribution is 2.43. The molecule has 1 aliphatic rings. The Labute approximate surface area is 381 Å². The van der Waals surface area contributed by atoms with E-state index < -0.39 is 0 Å². The Balaban J connectivity index is 0.958. The van der Waals surface area contributed by atoms with Gasteiger partial charge in [0, 0.05) is 67.2 Å². The molecule has 314 valence electrons. The minimum absolute atomic E-state index is 0.259. The Kier molecular flexibility index (Phi) is 10.5. The molecule has 0 radical (unpaired) electrons. The molecule has 4 heteroatoms. The van der Waals surface area contributed by atoms with E-state index in [-0.39, 0.29) is 6.04 Å². The van der Waals surface area contributed by atoms with Gasteiger partial charge in [0.2, 0.25) is 0 Å². The molecule has 1 aliphatic carbocycles. The Morgan fingerprint density at radius 2 is 1.00 bits per heavy atom. The first kappa shape index (κ1) is 39.7. The van der Waals surface area contributed by atoms with Gasteiger partial charge in [-0.15, -0.1) is 0 Å². The number of para-hydroxylation sites is 4. The molecule has 0 amide bonds. The van der Waals surface area contributed by atoms with Gasteiger partial charge in [-0.3, -0.25) is 0 Å². The zero-order valence-electron chi connectivity index (χ0n) is 36.8. The molecule has 2 aromatic heterocycles. The molecule has 0 saturated heterocycles. The lowest BCUT2D eigenvalue weighted by Gasteiger charge is -2.27. The molecule has 10 aromatic rings. The number of hydrogen-bond donors (Lipinski definition) is 0. The van der Waals surface area contributed by atoms with Crippen LogP contribution < -0.4 is 9.80 Å². The third kappa shape index (κ3) is 7.23. The second kappa shape index (κ2) is 17.2. The molecule has 11 rings (SSSR count). The molecule has 2 heterocycles. The number of fused-ring (bicyclic) bond motifs is 4. The maximum Gasteiger partial charge on any atom is 0.0560 e. The molecule has 4 nitrogen and oxygen atoms in total. The van der Waals surface area contributed by atoms with Crippen LogP contribution in [0.4, 0.5) is 34.1 Å². The van der Waals surface area contributed by atoms with Crippen LogP contribution in [-0.2, 0) is 6.42 Å². The quantitative estimate of drug-likeness (QED) is 0.129. The molecule has 0 spiro atoms. The fourth-order valence-electron chi connectivity index (χ4n) is 9.96. The average molecular weight is 839 g/mol. The second-order valence-electron chi connectivity index (χ2n) is 16.7. The van der Waals surface area contributed by atoms with Crippen LogP contribution in [0.3, 0.4) is 0 Å². The zero-order valence-corrected chi connectivity index (χ0v) is 36.8. The van der Waals surface area contributed by atoms with Crippen LogP contribution >= 0.6 is 0 Å². The lowest BCUT2D eigenvalue weighted by molar-refractivity contribution is 0.648. The number of hydrogen-bond acceptors (Lipinski definition) is 2. The highest BCUT2D eigenvalue weighted by molar-refractivity contribution is 6.09. The van der Waals surface area contributed by atoms with E-state index in [9.17, 15) is 0 Å². The fourth-order valence-corrected chi connectivity index (χ4v) is 9.96. The summed E-state index contributed by atoms with van der Waals surface area (Å²) >= 11 is 0. The van der Waals surface area contributed by atoms with E-state index in [2.05, 4.69) is 269 Å². The summed E-state index contributed by atoms with van der Waals surface area (Å²) in [5.74, 6) is 0. The number of aromatic nitrogens is 2. The average Bonchev–Trinajstić information content (AvgIpc) is 3.87. The van der Waals surface area contributed by atoms with E-state index in [1.54, 1.807) is 0 Å². The van der Waals surface area contributed by atoms with Gasteiger partial charge < -0.3 is 18.9 Å². The predicted molar refractivity (Wildman–Crippen MR) is 277 cm³/mol. The van der Waals surface area contributed by atoms with Crippen LogP contribution in [0.1, 0.15) is 37.6 Å². The van der Waals surface area contributed by atoms with E-state index in [0.29, 0.717) is 0 Å². The minimum atomic E-state index is 0.259. The van der Waals surface area contributed by atoms with Crippen molar-refractivity contribution in [3.8, 4) is 16.8 Å². The van der Waals surface area contributed by atoms with E-state index >= 15 is 0 Å². The highest BCUT2D eigenvalue weighted by Gasteiger charge is 2.22. The van der Waals surface area contributed by atoms with E-state index in [4.69, 9.17) is 0 Å². The molecule has 0 aliphatic heterocycles. The van der Waals surface area contributed by atoms with E-state index in [1.165, 1.54) is 44.0 Å². The fraction of sp³-hybridized carbons (Fsp3) is 0.0820. The number of rotatable bonds is 11. The second-order valence-corrected chi connectivity index (χ2v) is 16.7. The van der Waals surface area contributed by atoms with Crippen molar-refractivity contribution in [2.24, 2.45) is 0 Å². The molecule has 0 bridgehead atoms. The molecule has 1 atom stereocenters. The van der Waals surface area contributed by atoms with Crippen LogP contribution in [0, 0.1) is 0 Å². The summed E-state index contributed by atoms with van der Waals surface area (Å²) in [7, 11) is 0. The Bertz CT molecular complexity index is 3370. The molecular weight excluding hydrogens is 789 g/mol. The van der Waals surface area contributed by atoms with E-state index in [1.807, 2.05) is 0 Å². The smallest absolute Gasteiger partial charge is 0.0560 e. The van der Waals surface area contributed by atoms with Crippen molar-refractivity contribution >= 4 is 72.9 Å². The SMILES string of the molecule is C/C=C\c1c(CC)c2ccc(N(c3ccccc3)c3ccc(-c4ccc(N(c5ccccc5)c5ccc6c7ccccc7n(C7C=CC=CC7)c6c5)cc4)cc3)cc2n1-c1ccccc1. The van der Waals surface area contributed by atoms with Crippen LogP contribution in [0.5, 0.6) is 0 Å². The summed E-state index contributed by atoms with van der Waals surface area (Å²) in [6.07, 6.45) is 15.2. The Morgan fingerprint density at radius 3 is 1.57 bits per heavy atom. The Hall–Kier alpha value is -8.08. The van der Waals surface area contributed by atoms with Gasteiger partial charge in [-0.25, -0.2) is 0 Å². The summed E-state index contributed by atoms with van der Waals surface area (Å²) in [5.41, 5.74) is 16.4. The van der Waals surface area contributed by atoms with Crippen molar-refractivity contribution in [3.63, 3.8) is 0 Å². The lowest BCUT2D eigenvalue weighted by Crippen LogP contribution is -2.11. The molecule has 65 heavy (non-hydrogen) atoms. The topological polar surface area (TPSA) is 16.3 Å².